The second-order valence-corrected chi connectivity index (χ2v) is 3.93. The molecule has 17 heavy (non-hydrogen) atoms. The first-order valence-electron chi connectivity index (χ1n) is 6.06. The Morgan fingerprint density at radius 1 is 1.35 bits per heavy atom. The minimum atomic E-state index is -0.0323. The number of nitrogens with zero attached hydrogens (tertiary/aromatic N) is 2. The molecule has 0 bridgehead atoms. The molecule has 1 amide bonds. The van der Waals surface area contributed by atoms with E-state index in [4.69, 9.17) is 5.11 Å². The number of hydrogen-bond acceptors (Lipinski definition) is 3. The quantitative estimate of drug-likeness (QED) is 0.818. The van der Waals surface area contributed by atoms with Gasteiger partial charge in [-0.3, -0.25) is 9.78 Å². The maximum absolute atomic E-state index is 12.3. The van der Waals surface area contributed by atoms with Gasteiger partial charge in [0.15, 0.2) is 0 Å². The van der Waals surface area contributed by atoms with Crippen molar-refractivity contribution in [1.29, 1.82) is 0 Å². The van der Waals surface area contributed by atoms with Crippen molar-refractivity contribution in [2.45, 2.75) is 32.7 Å². The van der Waals surface area contributed by atoms with Gasteiger partial charge in [-0.25, -0.2) is 0 Å². The number of hydrogen-bond donors (Lipinski definition) is 1. The molecule has 0 atom stereocenters. The third-order valence-electron chi connectivity index (χ3n) is 2.91. The van der Waals surface area contributed by atoms with Crippen molar-refractivity contribution in [3.8, 4) is 0 Å². The van der Waals surface area contributed by atoms with Crippen LogP contribution in [-0.4, -0.2) is 40.1 Å². The van der Waals surface area contributed by atoms with Crippen LogP contribution in [0.1, 0.15) is 37.0 Å². The Morgan fingerprint density at radius 2 is 1.94 bits per heavy atom. The van der Waals surface area contributed by atoms with E-state index in [1.165, 1.54) is 0 Å². The summed E-state index contributed by atoms with van der Waals surface area (Å²) in [4.78, 5) is 17.9. The van der Waals surface area contributed by atoms with Gasteiger partial charge >= 0.3 is 0 Å². The Morgan fingerprint density at radius 3 is 2.41 bits per heavy atom. The molecule has 0 aliphatic rings. The van der Waals surface area contributed by atoms with E-state index < -0.39 is 0 Å². The Bertz CT molecular complexity index is 337. The van der Waals surface area contributed by atoms with Crippen LogP contribution in [0.25, 0.3) is 0 Å². The largest absolute Gasteiger partial charge is 0.395 e. The molecule has 0 aliphatic heterocycles. The van der Waals surface area contributed by atoms with Crippen LogP contribution in [0, 0.1) is 0 Å². The van der Waals surface area contributed by atoms with Crippen LogP contribution in [0.2, 0.25) is 0 Å². The zero-order chi connectivity index (χ0) is 12.7. The van der Waals surface area contributed by atoms with Crippen molar-refractivity contribution in [3.63, 3.8) is 0 Å². The van der Waals surface area contributed by atoms with E-state index in [1.807, 2.05) is 0 Å². The molecule has 0 saturated heterocycles. The third kappa shape index (κ3) is 3.53. The Labute approximate surface area is 102 Å². The maximum atomic E-state index is 12.3. The first kappa shape index (κ1) is 13.6. The zero-order valence-electron chi connectivity index (χ0n) is 10.5. The van der Waals surface area contributed by atoms with E-state index in [2.05, 4.69) is 18.8 Å². The van der Waals surface area contributed by atoms with Crippen molar-refractivity contribution < 1.29 is 9.90 Å². The van der Waals surface area contributed by atoms with Crippen LogP contribution >= 0.6 is 0 Å². The lowest BCUT2D eigenvalue weighted by atomic mass is 10.1. The van der Waals surface area contributed by atoms with Crippen LogP contribution in [0.3, 0.4) is 0 Å². The monoisotopic (exact) mass is 236 g/mol. The Hall–Kier alpha value is -1.42. The maximum Gasteiger partial charge on any atom is 0.254 e. The molecular formula is C13H20N2O2. The lowest BCUT2D eigenvalue weighted by Crippen LogP contribution is -2.41. The van der Waals surface area contributed by atoms with Crippen molar-refractivity contribution in [3.05, 3.63) is 30.1 Å². The van der Waals surface area contributed by atoms with Crippen LogP contribution in [0.5, 0.6) is 0 Å². The van der Waals surface area contributed by atoms with E-state index in [0.717, 1.165) is 12.8 Å². The van der Waals surface area contributed by atoms with Crippen LogP contribution in [0.15, 0.2) is 24.5 Å². The SMILES string of the molecule is CCC(CC)N(CCO)C(=O)c1ccncc1. The topological polar surface area (TPSA) is 53.4 Å². The zero-order valence-corrected chi connectivity index (χ0v) is 10.5. The summed E-state index contributed by atoms with van der Waals surface area (Å²) >= 11 is 0. The third-order valence-corrected chi connectivity index (χ3v) is 2.91. The van der Waals surface area contributed by atoms with Gasteiger partial charge in [-0.2, -0.15) is 0 Å². The van der Waals surface area contributed by atoms with Gasteiger partial charge in [-0.1, -0.05) is 13.8 Å². The van der Waals surface area contributed by atoms with Crippen LogP contribution < -0.4 is 0 Å². The smallest absolute Gasteiger partial charge is 0.254 e. The van der Waals surface area contributed by atoms with Gasteiger partial charge in [0.2, 0.25) is 0 Å². The van der Waals surface area contributed by atoms with E-state index >= 15 is 0 Å². The number of amides is 1. The molecule has 0 fully saturated rings. The van der Waals surface area contributed by atoms with Gasteiger partial charge in [0.25, 0.3) is 5.91 Å². The molecule has 4 heteroatoms. The molecule has 4 nitrogen and oxygen atoms in total. The minimum Gasteiger partial charge on any atom is -0.395 e. The molecule has 0 radical (unpaired) electrons. The second kappa shape index (κ2) is 7.01. The molecule has 0 saturated carbocycles. The molecular weight excluding hydrogens is 216 g/mol. The molecule has 1 rings (SSSR count). The molecule has 0 aliphatic carbocycles. The van der Waals surface area contributed by atoms with E-state index in [1.54, 1.807) is 29.4 Å². The molecule has 1 N–H and O–H groups in total. The molecule has 94 valence electrons. The van der Waals surface area contributed by atoms with E-state index in [9.17, 15) is 4.79 Å². The predicted octanol–water partition coefficient (Wildman–Crippen LogP) is 1.70. The number of aliphatic hydroxyl groups is 1. The highest BCUT2D eigenvalue weighted by molar-refractivity contribution is 5.94. The highest BCUT2D eigenvalue weighted by atomic mass is 16.3. The predicted molar refractivity (Wildman–Crippen MR) is 66.7 cm³/mol. The molecule has 0 unspecified atom stereocenters. The number of aromatic nitrogens is 1. The highest BCUT2D eigenvalue weighted by Crippen LogP contribution is 2.12. The highest BCUT2D eigenvalue weighted by Gasteiger charge is 2.21. The molecule has 0 spiro atoms. The van der Waals surface area contributed by atoms with Crippen LogP contribution in [-0.2, 0) is 0 Å². The lowest BCUT2D eigenvalue weighted by molar-refractivity contribution is 0.0622. The molecule has 1 heterocycles. The second-order valence-electron chi connectivity index (χ2n) is 3.93. The van der Waals surface area contributed by atoms with Crippen LogP contribution in [0.4, 0.5) is 0 Å². The summed E-state index contributed by atoms with van der Waals surface area (Å²) in [6.45, 7) is 4.48. The summed E-state index contributed by atoms with van der Waals surface area (Å²) in [6.07, 6.45) is 5.01. The number of aliphatic hydroxyl groups excluding tert-OH is 1. The van der Waals surface area contributed by atoms with Crippen molar-refractivity contribution >= 4 is 5.91 Å². The number of pyridine rings is 1. The van der Waals surface area contributed by atoms with Crippen molar-refractivity contribution in [2.24, 2.45) is 0 Å². The van der Waals surface area contributed by atoms with Crippen molar-refractivity contribution in [1.82, 2.24) is 9.88 Å². The number of carbonyl (C=O) groups is 1. The fourth-order valence-electron chi connectivity index (χ4n) is 1.95. The molecule has 1 aromatic heterocycles. The minimum absolute atomic E-state index is 0.00662. The average molecular weight is 236 g/mol. The summed E-state index contributed by atoms with van der Waals surface area (Å²) in [5.74, 6) is -0.0323. The number of rotatable bonds is 6. The Balaban J connectivity index is 2.87. The molecule has 1 aromatic rings. The Kier molecular flexibility index (Phi) is 5.63. The number of carbonyl (C=O) groups excluding carboxylic acids is 1. The van der Waals surface area contributed by atoms with Crippen molar-refractivity contribution in [2.75, 3.05) is 13.2 Å². The standard InChI is InChI=1S/C13H20N2O2/c1-3-12(4-2)15(9-10-16)13(17)11-5-7-14-8-6-11/h5-8,12,16H,3-4,9-10H2,1-2H3. The first-order valence-corrected chi connectivity index (χ1v) is 6.06. The fraction of sp³-hybridized carbons (Fsp3) is 0.538. The molecule has 0 aromatic carbocycles. The van der Waals surface area contributed by atoms with Gasteiger partial charge in [-0.15, -0.1) is 0 Å². The average Bonchev–Trinajstić information content (AvgIpc) is 2.39. The van der Waals surface area contributed by atoms with E-state index in [-0.39, 0.29) is 18.6 Å². The summed E-state index contributed by atoms with van der Waals surface area (Å²) in [5.41, 5.74) is 0.625. The summed E-state index contributed by atoms with van der Waals surface area (Å²) in [5, 5.41) is 9.07. The van der Waals surface area contributed by atoms with Gasteiger partial charge in [-0.05, 0) is 25.0 Å². The van der Waals surface area contributed by atoms with Gasteiger partial charge in [0, 0.05) is 30.5 Å². The van der Waals surface area contributed by atoms with Gasteiger partial charge in [0.05, 0.1) is 6.61 Å². The summed E-state index contributed by atoms with van der Waals surface area (Å²) < 4.78 is 0. The van der Waals surface area contributed by atoms with E-state index in [0.29, 0.717) is 12.1 Å². The normalized spacial score (nSPS) is 10.6. The fourth-order valence-corrected chi connectivity index (χ4v) is 1.95. The van der Waals surface area contributed by atoms with Gasteiger partial charge in [0.1, 0.15) is 0 Å². The lowest BCUT2D eigenvalue weighted by Gasteiger charge is -2.30. The summed E-state index contributed by atoms with van der Waals surface area (Å²) in [6, 6.07) is 3.59. The first-order chi connectivity index (χ1) is 8.24. The summed E-state index contributed by atoms with van der Waals surface area (Å²) in [7, 11) is 0. The van der Waals surface area contributed by atoms with Gasteiger partial charge < -0.3 is 10.0 Å².